The number of anilines is 1. The Kier molecular flexibility index (Phi) is 3.27. The van der Waals surface area contributed by atoms with Crippen molar-refractivity contribution in [2.75, 3.05) is 5.32 Å². The first-order chi connectivity index (χ1) is 10.1. The number of rotatable bonds is 4. The second-order valence-electron chi connectivity index (χ2n) is 4.71. The molecule has 106 valence electrons. The fourth-order valence-corrected chi connectivity index (χ4v) is 2.09. The minimum atomic E-state index is -0.473. The van der Waals surface area contributed by atoms with E-state index in [1.54, 1.807) is 6.07 Å². The molecule has 3 rings (SSSR count). The van der Waals surface area contributed by atoms with Crippen LogP contribution in [0.3, 0.4) is 0 Å². The van der Waals surface area contributed by atoms with E-state index in [4.69, 9.17) is 4.42 Å². The fraction of sp³-hybridized carbons (Fsp3) is 0.133. The minimum Gasteiger partial charge on any atom is -0.459 e. The molecule has 1 aromatic carbocycles. The van der Waals surface area contributed by atoms with Gasteiger partial charge in [0.2, 0.25) is 0 Å². The topological polar surface area (TPSA) is 81.2 Å². The zero-order valence-corrected chi connectivity index (χ0v) is 11.3. The van der Waals surface area contributed by atoms with Crippen LogP contribution in [0.25, 0.3) is 11.0 Å². The van der Waals surface area contributed by atoms with Gasteiger partial charge in [0.1, 0.15) is 23.4 Å². The highest BCUT2D eigenvalue weighted by Gasteiger charge is 2.12. The third kappa shape index (κ3) is 2.69. The predicted molar refractivity (Wildman–Crippen MR) is 79.1 cm³/mol. The lowest BCUT2D eigenvalue weighted by Crippen LogP contribution is -2.06. The first kappa shape index (κ1) is 13.1. The lowest BCUT2D eigenvalue weighted by molar-refractivity contribution is -0.385. The van der Waals surface area contributed by atoms with E-state index < -0.39 is 4.92 Å². The number of benzene rings is 1. The van der Waals surface area contributed by atoms with Crippen molar-refractivity contribution in [3.8, 4) is 0 Å². The number of aromatic nitrogens is 1. The van der Waals surface area contributed by atoms with Crippen LogP contribution < -0.4 is 5.32 Å². The fourth-order valence-electron chi connectivity index (χ4n) is 2.09. The van der Waals surface area contributed by atoms with Gasteiger partial charge in [-0.15, -0.1) is 0 Å². The maximum atomic E-state index is 10.6. The van der Waals surface area contributed by atoms with Crippen LogP contribution in [-0.2, 0) is 0 Å². The molecule has 0 spiro atoms. The summed E-state index contributed by atoms with van der Waals surface area (Å²) in [5.74, 6) is 1.35. The van der Waals surface area contributed by atoms with E-state index in [1.165, 1.54) is 12.3 Å². The summed E-state index contributed by atoms with van der Waals surface area (Å²) in [6.07, 6.45) is 1.23. The number of furan rings is 1. The molecule has 0 aliphatic heterocycles. The zero-order valence-electron chi connectivity index (χ0n) is 11.3. The summed E-state index contributed by atoms with van der Waals surface area (Å²) in [7, 11) is 0. The highest BCUT2D eigenvalue weighted by atomic mass is 16.6. The van der Waals surface area contributed by atoms with Crippen LogP contribution in [0.2, 0.25) is 0 Å². The third-order valence-electron chi connectivity index (χ3n) is 3.19. The summed E-state index contributed by atoms with van der Waals surface area (Å²) < 4.78 is 5.77. The quantitative estimate of drug-likeness (QED) is 0.580. The maximum Gasteiger partial charge on any atom is 0.287 e. The molecular formula is C15H13N3O3. The number of nitrogens with zero attached hydrogens (tertiary/aromatic N) is 2. The van der Waals surface area contributed by atoms with Crippen LogP contribution in [0.5, 0.6) is 0 Å². The Morgan fingerprint density at radius 1 is 1.29 bits per heavy atom. The average Bonchev–Trinajstić information content (AvgIpc) is 2.92. The molecule has 21 heavy (non-hydrogen) atoms. The van der Waals surface area contributed by atoms with Crippen molar-refractivity contribution in [2.45, 2.75) is 13.0 Å². The highest BCUT2D eigenvalue weighted by Crippen LogP contribution is 2.25. The van der Waals surface area contributed by atoms with Crippen molar-refractivity contribution in [1.82, 2.24) is 4.98 Å². The van der Waals surface area contributed by atoms with E-state index in [0.717, 1.165) is 16.7 Å². The Hall–Kier alpha value is -2.89. The lowest BCUT2D eigenvalue weighted by atomic mass is 10.2. The van der Waals surface area contributed by atoms with Gasteiger partial charge >= 0.3 is 0 Å². The van der Waals surface area contributed by atoms with Gasteiger partial charge in [-0.05, 0) is 25.1 Å². The van der Waals surface area contributed by atoms with Gasteiger partial charge < -0.3 is 9.73 Å². The standard InChI is InChI=1S/C15H13N3O3/c1-10(14-8-11-4-2-3-5-13(11)21-14)17-15-7-6-12(9-16-15)18(19)20/h2-10H,1H3,(H,16,17)/t10-/m0/s1. The van der Waals surface area contributed by atoms with Gasteiger partial charge in [0.15, 0.2) is 0 Å². The first-order valence-corrected chi connectivity index (χ1v) is 6.49. The summed E-state index contributed by atoms with van der Waals surface area (Å²) in [4.78, 5) is 14.1. The van der Waals surface area contributed by atoms with E-state index in [0.29, 0.717) is 5.82 Å². The number of hydrogen-bond acceptors (Lipinski definition) is 5. The van der Waals surface area contributed by atoms with Gasteiger partial charge in [-0.3, -0.25) is 10.1 Å². The summed E-state index contributed by atoms with van der Waals surface area (Å²) in [5, 5.41) is 14.8. The van der Waals surface area contributed by atoms with Crippen molar-refractivity contribution in [2.24, 2.45) is 0 Å². The van der Waals surface area contributed by atoms with Crippen LogP contribution in [0, 0.1) is 10.1 Å². The normalized spacial score (nSPS) is 12.2. The van der Waals surface area contributed by atoms with E-state index in [2.05, 4.69) is 10.3 Å². The highest BCUT2D eigenvalue weighted by molar-refractivity contribution is 5.77. The van der Waals surface area contributed by atoms with E-state index in [9.17, 15) is 10.1 Å². The molecule has 1 atom stereocenters. The number of nitrogens with one attached hydrogen (secondary N) is 1. The molecule has 6 nitrogen and oxygen atoms in total. The molecule has 0 amide bonds. The summed E-state index contributed by atoms with van der Waals surface area (Å²) in [6.45, 7) is 1.95. The molecule has 0 fully saturated rings. The van der Waals surface area contributed by atoms with Crippen LogP contribution >= 0.6 is 0 Å². The molecule has 0 saturated carbocycles. The van der Waals surface area contributed by atoms with Crippen molar-refractivity contribution in [3.63, 3.8) is 0 Å². The number of para-hydroxylation sites is 1. The number of pyridine rings is 1. The Morgan fingerprint density at radius 3 is 2.76 bits per heavy atom. The maximum absolute atomic E-state index is 10.6. The van der Waals surface area contributed by atoms with Gasteiger partial charge in [0, 0.05) is 11.5 Å². The Bertz CT molecular complexity index is 747. The Balaban J connectivity index is 1.78. The molecule has 2 heterocycles. The smallest absolute Gasteiger partial charge is 0.287 e. The SMILES string of the molecule is C[C@H](Nc1ccc([N+](=O)[O-])cn1)c1cc2ccccc2o1. The minimum absolute atomic E-state index is 0.0306. The number of hydrogen-bond donors (Lipinski definition) is 1. The molecule has 3 aromatic rings. The molecule has 0 radical (unpaired) electrons. The van der Waals surface area contributed by atoms with Gasteiger partial charge in [-0.2, -0.15) is 0 Å². The second kappa shape index (κ2) is 5.24. The van der Waals surface area contributed by atoms with Crippen LogP contribution in [0.1, 0.15) is 18.7 Å². The van der Waals surface area contributed by atoms with E-state index in [1.807, 2.05) is 37.3 Å². The lowest BCUT2D eigenvalue weighted by Gasteiger charge is -2.11. The van der Waals surface area contributed by atoms with Gasteiger partial charge in [0.25, 0.3) is 5.69 Å². The molecule has 0 aliphatic carbocycles. The average molecular weight is 283 g/mol. The van der Waals surface area contributed by atoms with Crippen LogP contribution in [0.15, 0.2) is 53.1 Å². The number of nitro groups is 1. The van der Waals surface area contributed by atoms with Gasteiger partial charge in [-0.1, -0.05) is 18.2 Å². The van der Waals surface area contributed by atoms with Crippen LogP contribution in [0.4, 0.5) is 11.5 Å². The Labute approximate surface area is 120 Å². The van der Waals surface area contributed by atoms with Gasteiger partial charge in [-0.25, -0.2) is 4.98 Å². The summed E-state index contributed by atoms with van der Waals surface area (Å²) in [6, 6.07) is 12.7. The molecule has 0 aliphatic rings. The molecule has 1 N–H and O–H groups in total. The first-order valence-electron chi connectivity index (χ1n) is 6.49. The zero-order chi connectivity index (χ0) is 14.8. The van der Waals surface area contributed by atoms with Crippen LogP contribution in [-0.4, -0.2) is 9.91 Å². The molecule has 0 bridgehead atoms. The largest absolute Gasteiger partial charge is 0.459 e. The van der Waals surface area contributed by atoms with Crippen molar-refractivity contribution in [1.29, 1.82) is 0 Å². The monoisotopic (exact) mass is 283 g/mol. The van der Waals surface area contributed by atoms with Crippen molar-refractivity contribution in [3.05, 3.63) is 64.5 Å². The molecule has 2 aromatic heterocycles. The van der Waals surface area contributed by atoms with E-state index >= 15 is 0 Å². The predicted octanol–water partition coefficient (Wildman–Crippen LogP) is 3.91. The van der Waals surface area contributed by atoms with Crippen molar-refractivity contribution < 1.29 is 9.34 Å². The third-order valence-corrected chi connectivity index (χ3v) is 3.19. The summed E-state index contributed by atoms with van der Waals surface area (Å²) in [5.41, 5.74) is 0.801. The molecule has 0 saturated heterocycles. The van der Waals surface area contributed by atoms with Gasteiger partial charge in [0.05, 0.1) is 11.0 Å². The Morgan fingerprint density at radius 2 is 2.10 bits per heavy atom. The number of fused-ring (bicyclic) bond motifs is 1. The molecular weight excluding hydrogens is 270 g/mol. The second-order valence-corrected chi connectivity index (χ2v) is 4.71. The molecule has 0 unspecified atom stereocenters. The van der Waals surface area contributed by atoms with E-state index in [-0.39, 0.29) is 11.7 Å². The summed E-state index contributed by atoms with van der Waals surface area (Å²) >= 11 is 0. The van der Waals surface area contributed by atoms with Crippen molar-refractivity contribution >= 4 is 22.5 Å². The molecule has 6 heteroatoms.